The van der Waals surface area contributed by atoms with Gasteiger partial charge in [0.05, 0.1) is 0 Å². The molecule has 4 nitrogen and oxygen atoms in total. The lowest BCUT2D eigenvalue weighted by Crippen LogP contribution is -2.30. The van der Waals surface area contributed by atoms with Gasteiger partial charge < -0.3 is 16.4 Å². The zero-order valence-corrected chi connectivity index (χ0v) is 11.5. The number of urea groups is 1. The average molecular weight is 269 g/mol. The van der Waals surface area contributed by atoms with Gasteiger partial charge in [-0.2, -0.15) is 0 Å². The van der Waals surface area contributed by atoms with E-state index in [1.165, 1.54) is 11.1 Å². The molecule has 0 saturated carbocycles. The first-order valence-electron chi connectivity index (χ1n) is 6.60. The number of aryl methyl sites for hydroxylation is 1. The number of hydrogen-bond acceptors (Lipinski definition) is 2. The zero-order valence-electron chi connectivity index (χ0n) is 11.5. The number of benzene rings is 2. The van der Waals surface area contributed by atoms with Gasteiger partial charge in [-0.05, 0) is 42.7 Å². The normalized spacial score (nSPS) is 10.1. The van der Waals surface area contributed by atoms with E-state index in [1.807, 2.05) is 12.1 Å². The SMILES string of the molecule is Cc1ccccc1CCNC(=O)Nc1cccc(N)c1. The minimum Gasteiger partial charge on any atom is -0.399 e. The number of amides is 2. The van der Waals surface area contributed by atoms with E-state index in [1.54, 1.807) is 24.3 Å². The molecule has 0 saturated heterocycles. The summed E-state index contributed by atoms with van der Waals surface area (Å²) in [5.74, 6) is 0. The van der Waals surface area contributed by atoms with Crippen molar-refractivity contribution in [1.82, 2.24) is 5.32 Å². The molecule has 2 rings (SSSR count). The highest BCUT2D eigenvalue weighted by molar-refractivity contribution is 5.89. The van der Waals surface area contributed by atoms with E-state index in [2.05, 4.69) is 29.7 Å². The molecular weight excluding hydrogens is 250 g/mol. The van der Waals surface area contributed by atoms with Gasteiger partial charge in [0.15, 0.2) is 0 Å². The number of anilines is 2. The van der Waals surface area contributed by atoms with Gasteiger partial charge in [-0.15, -0.1) is 0 Å². The minimum absolute atomic E-state index is 0.218. The van der Waals surface area contributed by atoms with Crippen LogP contribution >= 0.6 is 0 Å². The van der Waals surface area contributed by atoms with Crippen molar-refractivity contribution in [3.8, 4) is 0 Å². The highest BCUT2D eigenvalue weighted by Gasteiger charge is 2.02. The molecule has 0 bridgehead atoms. The van der Waals surface area contributed by atoms with Gasteiger partial charge in [-0.25, -0.2) is 4.79 Å². The van der Waals surface area contributed by atoms with Gasteiger partial charge in [-0.1, -0.05) is 30.3 Å². The van der Waals surface area contributed by atoms with Crippen LogP contribution in [0.15, 0.2) is 48.5 Å². The summed E-state index contributed by atoms with van der Waals surface area (Å²) < 4.78 is 0. The second-order valence-corrected chi connectivity index (χ2v) is 4.68. The van der Waals surface area contributed by atoms with Crippen molar-refractivity contribution >= 4 is 17.4 Å². The number of nitrogens with one attached hydrogen (secondary N) is 2. The fourth-order valence-corrected chi connectivity index (χ4v) is 1.99. The van der Waals surface area contributed by atoms with E-state index in [9.17, 15) is 4.79 Å². The fourth-order valence-electron chi connectivity index (χ4n) is 1.99. The van der Waals surface area contributed by atoms with Crippen LogP contribution in [0.4, 0.5) is 16.2 Å². The number of nitrogen functional groups attached to an aromatic ring is 1. The Bertz CT molecular complexity index is 596. The van der Waals surface area contributed by atoms with E-state index in [-0.39, 0.29) is 6.03 Å². The van der Waals surface area contributed by atoms with Gasteiger partial charge in [-0.3, -0.25) is 0 Å². The van der Waals surface area contributed by atoms with Gasteiger partial charge >= 0.3 is 6.03 Å². The van der Waals surface area contributed by atoms with Crippen LogP contribution in [-0.2, 0) is 6.42 Å². The lowest BCUT2D eigenvalue weighted by Gasteiger charge is -2.09. The van der Waals surface area contributed by atoms with E-state index < -0.39 is 0 Å². The van der Waals surface area contributed by atoms with Crippen molar-refractivity contribution in [2.24, 2.45) is 0 Å². The van der Waals surface area contributed by atoms with Crippen LogP contribution in [0.25, 0.3) is 0 Å². The van der Waals surface area contributed by atoms with E-state index in [0.29, 0.717) is 17.9 Å². The standard InChI is InChI=1S/C16H19N3O/c1-12-5-2-3-6-13(12)9-10-18-16(20)19-15-8-4-7-14(17)11-15/h2-8,11H,9-10,17H2,1H3,(H2,18,19,20). The molecule has 0 fully saturated rings. The maximum atomic E-state index is 11.7. The molecule has 0 unspecified atom stereocenters. The Hall–Kier alpha value is -2.49. The third-order valence-corrected chi connectivity index (χ3v) is 3.09. The number of carbonyl (C=O) groups is 1. The molecule has 104 valence electrons. The Kier molecular flexibility index (Phi) is 4.60. The quantitative estimate of drug-likeness (QED) is 0.747. The Morgan fingerprint density at radius 3 is 2.70 bits per heavy atom. The lowest BCUT2D eigenvalue weighted by atomic mass is 10.1. The minimum atomic E-state index is -0.218. The third-order valence-electron chi connectivity index (χ3n) is 3.09. The Morgan fingerprint density at radius 2 is 1.95 bits per heavy atom. The monoisotopic (exact) mass is 269 g/mol. The Balaban J connectivity index is 1.80. The molecule has 4 N–H and O–H groups in total. The molecule has 20 heavy (non-hydrogen) atoms. The van der Waals surface area contributed by atoms with Crippen LogP contribution in [0.3, 0.4) is 0 Å². The van der Waals surface area contributed by atoms with Crippen LogP contribution in [0.1, 0.15) is 11.1 Å². The summed E-state index contributed by atoms with van der Waals surface area (Å²) in [7, 11) is 0. The molecular formula is C16H19N3O. The molecule has 0 heterocycles. The Labute approximate surface area is 119 Å². The first kappa shape index (κ1) is 13.9. The van der Waals surface area contributed by atoms with Crippen LogP contribution in [-0.4, -0.2) is 12.6 Å². The molecule has 0 spiro atoms. The summed E-state index contributed by atoms with van der Waals surface area (Å²) >= 11 is 0. The fraction of sp³-hybridized carbons (Fsp3) is 0.188. The van der Waals surface area contributed by atoms with Gasteiger partial charge in [0.2, 0.25) is 0 Å². The maximum Gasteiger partial charge on any atom is 0.319 e. The van der Waals surface area contributed by atoms with Gasteiger partial charge in [0.25, 0.3) is 0 Å². The van der Waals surface area contributed by atoms with E-state index in [4.69, 9.17) is 5.73 Å². The summed E-state index contributed by atoms with van der Waals surface area (Å²) in [6.45, 7) is 2.67. The van der Waals surface area contributed by atoms with Crippen molar-refractivity contribution in [1.29, 1.82) is 0 Å². The number of rotatable bonds is 4. The first-order valence-corrected chi connectivity index (χ1v) is 6.60. The number of nitrogens with two attached hydrogens (primary N) is 1. The summed E-state index contributed by atoms with van der Waals surface area (Å²) in [6, 6.07) is 15.1. The summed E-state index contributed by atoms with van der Waals surface area (Å²) in [5.41, 5.74) is 9.46. The lowest BCUT2D eigenvalue weighted by molar-refractivity contribution is 0.252. The van der Waals surface area contributed by atoms with Gasteiger partial charge in [0.1, 0.15) is 0 Å². The predicted molar refractivity (Wildman–Crippen MR) is 82.8 cm³/mol. The predicted octanol–water partition coefficient (Wildman–Crippen LogP) is 2.94. The number of hydrogen-bond donors (Lipinski definition) is 3. The van der Waals surface area contributed by atoms with Crippen LogP contribution in [0.5, 0.6) is 0 Å². The second kappa shape index (κ2) is 6.61. The molecule has 0 atom stereocenters. The smallest absolute Gasteiger partial charge is 0.319 e. The molecule has 2 aromatic carbocycles. The first-order chi connectivity index (χ1) is 9.65. The summed E-state index contributed by atoms with van der Waals surface area (Å²) in [6.07, 6.45) is 0.816. The van der Waals surface area contributed by atoms with Crippen LogP contribution in [0, 0.1) is 6.92 Å². The molecule has 0 aliphatic carbocycles. The third kappa shape index (κ3) is 4.02. The van der Waals surface area contributed by atoms with Crippen molar-refractivity contribution in [3.63, 3.8) is 0 Å². The van der Waals surface area contributed by atoms with Crippen molar-refractivity contribution < 1.29 is 4.79 Å². The van der Waals surface area contributed by atoms with Crippen molar-refractivity contribution in [3.05, 3.63) is 59.7 Å². The van der Waals surface area contributed by atoms with Crippen LogP contribution in [0.2, 0.25) is 0 Å². The zero-order chi connectivity index (χ0) is 14.4. The molecule has 2 amide bonds. The molecule has 4 heteroatoms. The molecule has 0 aromatic heterocycles. The molecule has 0 aliphatic heterocycles. The second-order valence-electron chi connectivity index (χ2n) is 4.68. The number of carbonyl (C=O) groups excluding carboxylic acids is 1. The molecule has 0 aliphatic rings. The summed E-state index contributed by atoms with van der Waals surface area (Å²) in [5, 5.41) is 5.59. The maximum absolute atomic E-state index is 11.7. The van der Waals surface area contributed by atoms with Gasteiger partial charge in [0, 0.05) is 17.9 Å². The molecule has 0 radical (unpaired) electrons. The largest absolute Gasteiger partial charge is 0.399 e. The average Bonchev–Trinajstić information content (AvgIpc) is 2.41. The molecule has 2 aromatic rings. The highest BCUT2D eigenvalue weighted by Crippen LogP contribution is 2.11. The van der Waals surface area contributed by atoms with E-state index >= 15 is 0 Å². The van der Waals surface area contributed by atoms with E-state index in [0.717, 1.165) is 6.42 Å². The Morgan fingerprint density at radius 1 is 1.15 bits per heavy atom. The topological polar surface area (TPSA) is 67.2 Å². The van der Waals surface area contributed by atoms with Crippen LogP contribution < -0.4 is 16.4 Å². The highest BCUT2D eigenvalue weighted by atomic mass is 16.2. The van der Waals surface area contributed by atoms with Crippen molar-refractivity contribution in [2.45, 2.75) is 13.3 Å². The van der Waals surface area contributed by atoms with Crippen molar-refractivity contribution in [2.75, 3.05) is 17.6 Å². The summed E-state index contributed by atoms with van der Waals surface area (Å²) in [4.78, 5) is 11.7.